The van der Waals surface area contributed by atoms with Crippen molar-refractivity contribution in [3.05, 3.63) is 72.3 Å². The van der Waals surface area contributed by atoms with E-state index in [-0.39, 0.29) is 30.0 Å². The van der Waals surface area contributed by atoms with Crippen molar-refractivity contribution in [2.45, 2.75) is 16.6 Å². The molecule has 1 atom stereocenters. The van der Waals surface area contributed by atoms with E-state index in [2.05, 4.69) is 5.32 Å². The number of rotatable bonds is 7. The predicted molar refractivity (Wildman–Crippen MR) is 133 cm³/mol. The number of nitrogens with one attached hydrogen (secondary N) is 1. The van der Waals surface area contributed by atoms with Gasteiger partial charge in [-0.3, -0.25) is 9.59 Å². The summed E-state index contributed by atoms with van der Waals surface area (Å²) in [7, 11) is 4.75. The lowest BCUT2D eigenvalue weighted by molar-refractivity contribution is -0.121. The number of hydrogen-bond acceptors (Lipinski definition) is 6. The molecular weight excluding hydrogens is 452 g/mol. The Morgan fingerprint density at radius 1 is 0.971 bits per heavy atom. The minimum Gasteiger partial charge on any atom is -0.497 e. The number of ether oxygens (including phenoxy) is 3. The summed E-state index contributed by atoms with van der Waals surface area (Å²) >= 11 is 1.60. The van der Waals surface area contributed by atoms with Crippen molar-refractivity contribution in [1.29, 1.82) is 0 Å². The van der Waals surface area contributed by atoms with E-state index in [1.807, 2.05) is 42.5 Å². The van der Waals surface area contributed by atoms with E-state index in [0.29, 0.717) is 22.9 Å². The Hall–Kier alpha value is -3.65. The third-order valence-electron chi connectivity index (χ3n) is 5.52. The van der Waals surface area contributed by atoms with E-state index >= 15 is 0 Å². The van der Waals surface area contributed by atoms with Gasteiger partial charge >= 0.3 is 0 Å². The zero-order valence-corrected chi connectivity index (χ0v) is 20.1. The zero-order valence-electron chi connectivity index (χ0n) is 19.2. The van der Waals surface area contributed by atoms with E-state index in [1.54, 1.807) is 62.3 Å². The van der Waals surface area contributed by atoms with Crippen LogP contribution in [0.4, 0.5) is 11.4 Å². The molecule has 0 saturated heterocycles. The van der Waals surface area contributed by atoms with Crippen LogP contribution in [0.3, 0.4) is 0 Å². The van der Waals surface area contributed by atoms with Gasteiger partial charge in [-0.15, -0.1) is 11.8 Å². The molecule has 3 aromatic carbocycles. The first-order chi connectivity index (χ1) is 16.5. The quantitative estimate of drug-likeness (QED) is 0.519. The van der Waals surface area contributed by atoms with Crippen LogP contribution in [-0.2, 0) is 9.59 Å². The largest absolute Gasteiger partial charge is 0.497 e. The van der Waals surface area contributed by atoms with Crippen LogP contribution < -0.4 is 24.4 Å². The average molecular weight is 479 g/mol. The number of thioether (sulfide) groups is 1. The molecule has 1 N–H and O–H groups in total. The van der Waals surface area contributed by atoms with E-state index in [1.165, 1.54) is 0 Å². The van der Waals surface area contributed by atoms with Crippen LogP contribution in [-0.4, -0.2) is 39.7 Å². The van der Waals surface area contributed by atoms with Crippen LogP contribution in [0, 0.1) is 0 Å². The third kappa shape index (κ3) is 5.12. The fraction of sp³-hybridized carbons (Fsp3) is 0.231. The van der Waals surface area contributed by atoms with E-state index in [0.717, 1.165) is 16.1 Å². The normalized spacial score (nSPS) is 15.2. The fourth-order valence-corrected chi connectivity index (χ4v) is 5.11. The molecule has 0 radical (unpaired) electrons. The maximum atomic E-state index is 13.4. The molecule has 0 saturated carbocycles. The number of carbonyl (C=O) groups is 2. The minimum atomic E-state index is -0.286. The Kier molecular flexibility index (Phi) is 7.27. The van der Waals surface area contributed by atoms with Gasteiger partial charge in [0.15, 0.2) is 11.5 Å². The maximum absolute atomic E-state index is 13.4. The van der Waals surface area contributed by atoms with Crippen molar-refractivity contribution < 1.29 is 23.8 Å². The molecule has 0 spiro atoms. The zero-order chi connectivity index (χ0) is 24.1. The van der Waals surface area contributed by atoms with Gasteiger partial charge in [0, 0.05) is 28.3 Å². The summed E-state index contributed by atoms with van der Waals surface area (Å²) in [6.45, 7) is -0.0910. The topological polar surface area (TPSA) is 77.1 Å². The molecule has 4 rings (SSSR count). The minimum absolute atomic E-state index is 0.0910. The summed E-state index contributed by atoms with van der Waals surface area (Å²) in [5.74, 6) is 1.47. The number of carbonyl (C=O) groups excluding carboxylic acids is 2. The number of benzene rings is 3. The summed E-state index contributed by atoms with van der Waals surface area (Å²) in [5, 5.41) is 2.72. The highest BCUT2D eigenvalue weighted by Crippen LogP contribution is 2.46. The van der Waals surface area contributed by atoms with Gasteiger partial charge < -0.3 is 24.4 Å². The van der Waals surface area contributed by atoms with Gasteiger partial charge in [-0.1, -0.05) is 24.3 Å². The third-order valence-corrected chi connectivity index (χ3v) is 6.84. The average Bonchev–Trinajstić information content (AvgIpc) is 3.00. The summed E-state index contributed by atoms with van der Waals surface area (Å²) < 4.78 is 16.0. The number of hydrogen-bond donors (Lipinski definition) is 1. The van der Waals surface area contributed by atoms with Crippen LogP contribution in [0.5, 0.6) is 17.2 Å². The van der Waals surface area contributed by atoms with Gasteiger partial charge in [0.05, 0.1) is 27.0 Å². The van der Waals surface area contributed by atoms with Crippen LogP contribution >= 0.6 is 11.8 Å². The van der Waals surface area contributed by atoms with Crippen LogP contribution in [0.25, 0.3) is 0 Å². The molecule has 34 heavy (non-hydrogen) atoms. The first-order valence-corrected chi connectivity index (χ1v) is 11.6. The van der Waals surface area contributed by atoms with Crippen molar-refractivity contribution in [2.24, 2.45) is 0 Å². The summed E-state index contributed by atoms with van der Waals surface area (Å²) in [5.41, 5.74) is 2.28. The highest BCUT2D eigenvalue weighted by atomic mass is 32.2. The second kappa shape index (κ2) is 10.5. The van der Waals surface area contributed by atoms with Gasteiger partial charge in [0.25, 0.3) is 0 Å². The van der Waals surface area contributed by atoms with E-state index < -0.39 is 0 Å². The molecule has 1 heterocycles. The molecule has 8 heteroatoms. The number of fused-ring (bicyclic) bond motifs is 1. The van der Waals surface area contributed by atoms with Crippen molar-refractivity contribution >= 4 is 35.0 Å². The molecule has 2 amide bonds. The molecule has 7 nitrogen and oxygen atoms in total. The predicted octanol–water partition coefficient (Wildman–Crippen LogP) is 4.92. The van der Waals surface area contributed by atoms with Crippen LogP contribution in [0.1, 0.15) is 17.2 Å². The van der Waals surface area contributed by atoms with Crippen molar-refractivity contribution in [3.63, 3.8) is 0 Å². The van der Waals surface area contributed by atoms with Gasteiger partial charge in [-0.05, 0) is 42.0 Å². The molecule has 0 aromatic heterocycles. The molecular formula is C26H26N2O5S. The summed E-state index contributed by atoms with van der Waals surface area (Å²) in [6.07, 6.45) is 0.237. The molecule has 176 valence electrons. The Balaban J connectivity index is 1.58. The Bertz CT molecular complexity index is 1200. The van der Waals surface area contributed by atoms with Crippen LogP contribution in [0.2, 0.25) is 0 Å². The van der Waals surface area contributed by atoms with Gasteiger partial charge in [-0.25, -0.2) is 0 Å². The number of anilines is 2. The van der Waals surface area contributed by atoms with Crippen molar-refractivity contribution in [3.8, 4) is 17.2 Å². The molecule has 0 bridgehead atoms. The Morgan fingerprint density at radius 3 is 2.53 bits per heavy atom. The maximum Gasteiger partial charge on any atom is 0.244 e. The lowest BCUT2D eigenvalue weighted by Gasteiger charge is -2.22. The first-order valence-electron chi connectivity index (χ1n) is 10.7. The first kappa shape index (κ1) is 23.5. The SMILES string of the molecule is COc1cccc(NC(=O)CN2C(=O)C[C@H](c3ccc(OC)c(OC)c3)Sc3ccccc32)c1. The summed E-state index contributed by atoms with van der Waals surface area (Å²) in [4.78, 5) is 28.7. The number of methoxy groups -OCH3 is 3. The lowest BCUT2D eigenvalue weighted by atomic mass is 10.1. The molecule has 0 aliphatic carbocycles. The molecule has 3 aromatic rings. The van der Waals surface area contributed by atoms with E-state index in [4.69, 9.17) is 14.2 Å². The van der Waals surface area contributed by atoms with E-state index in [9.17, 15) is 9.59 Å². The second-order valence-electron chi connectivity index (χ2n) is 7.65. The molecule has 0 unspecified atom stereocenters. The Morgan fingerprint density at radius 2 is 1.76 bits per heavy atom. The van der Waals surface area contributed by atoms with Crippen molar-refractivity contribution in [2.75, 3.05) is 38.1 Å². The van der Waals surface area contributed by atoms with Crippen LogP contribution in [0.15, 0.2) is 71.6 Å². The number of nitrogens with zero attached hydrogens (tertiary/aromatic N) is 1. The van der Waals surface area contributed by atoms with Gasteiger partial charge in [0.2, 0.25) is 11.8 Å². The Labute approximate surface area is 203 Å². The monoisotopic (exact) mass is 478 g/mol. The second-order valence-corrected chi connectivity index (χ2v) is 8.90. The smallest absolute Gasteiger partial charge is 0.244 e. The van der Waals surface area contributed by atoms with Gasteiger partial charge in [-0.2, -0.15) is 0 Å². The lowest BCUT2D eigenvalue weighted by Crippen LogP contribution is -2.38. The highest BCUT2D eigenvalue weighted by molar-refractivity contribution is 7.99. The molecule has 1 aliphatic heterocycles. The molecule has 1 aliphatic rings. The number of para-hydroxylation sites is 1. The van der Waals surface area contributed by atoms with Gasteiger partial charge in [0.1, 0.15) is 12.3 Å². The fourth-order valence-electron chi connectivity index (χ4n) is 3.84. The standard InChI is InChI=1S/C26H26N2O5S/c1-31-19-8-6-7-18(14-19)27-25(29)16-28-20-9-4-5-10-23(20)34-24(15-26(28)30)17-11-12-21(32-2)22(13-17)33-3/h4-14,24H,15-16H2,1-3H3,(H,27,29)/t24-/m1/s1. The van der Waals surface area contributed by atoms with Crippen molar-refractivity contribution in [1.82, 2.24) is 0 Å². The molecule has 0 fully saturated rings. The number of amides is 2. The highest BCUT2D eigenvalue weighted by Gasteiger charge is 2.31. The summed E-state index contributed by atoms with van der Waals surface area (Å²) in [6, 6.07) is 20.4.